The molecule has 10 heteroatoms. The van der Waals surface area contributed by atoms with Crippen LogP contribution in [0.3, 0.4) is 0 Å². The lowest BCUT2D eigenvalue weighted by molar-refractivity contribution is 0.158. The molecule has 0 saturated carbocycles. The second-order valence-electron chi connectivity index (χ2n) is 3.61. The quantitative estimate of drug-likeness (QED) is 0.395. The minimum Gasteiger partial charge on any atom is -0.394 e. The summed E-state index contributed by atoms with van der Waals surface area (Å²) in [6.45, 7) is 0.369. The number of hydrogen-bond donors (Lipinski definition) is 4. The van der Waals surface area contributed by atoms with E-state index in [0.717, 1.165) is 0 Å². The van der Waals surface area contributed by atoms with E-state index in [4.69, 9.17) is 15.9 Å². The number of nitrogens with two attached hydrogens (primary N) is 1. The molecule has 0 aromatic carbocycles. The Kier molecular flexibility index (Phi) is 4.15. The summed E-state index contributed by atoms with van der Waals surface area (Å²) in [6, 6.07) is 0. The Hall–Kier alpha value is -2.33. The number of nitrogens with one attached hydrogen (secondary N) is 1. The lowest BCUT2D eigenvalue weighted by Gasteiger charge is -2.13. The van der Waals surface area contributed by atoms with Crippen molar-refractivity contribution in [2.24, 2.45) is 10.3 Å². The Balaban J connectivity index is 2.17. The van der Waals surface area contributed by atoms with Gasteiger partial charge in [0.15, 0.2) is 11.5 Å². The van der Waals surface area contributed by atoms with E-state index in [9.17, 15) is 0 Å². The van der Waals surface area contributed by atoms with Crippen LogP contribution in [0.15, 0.2) is 16.7 Å². The van der Waals surface area contributed by atoms with E-state index in [0.29, 0.717) is 11.2 Å². The first-order valence-electron chi connectivity index (χ1n) is 5.59. The van der Waals surface area contributed by atoms with Gasteiger partial charge in [-0.3, -0.25) is 5.01 Å². The van der Waals surface area contributed by atoms with E-state index >= 15 is 0 Å². The molecule has 0 unspecified atom stereocenters. The molecule has 0 aliphatic rings. The molecule has 2 heterocycles. The Morgan fingerprint density at radius 2 is 2.00 bits per heavy atom. The number of H-pyrrole nitrogens is 1. The Labute approximate surface area is 108 Å². The Morgan fingerprint density at radius 3 is 2.63 bits per heavy atom. The van der Waals surface area contributed by atoms with Gasteiger partial charge in [0.05, 0.1) is 26.3 Å². The second-order valence-corrected chi connectivity index (χ2v) is 3.61. The molecule has 19 heavy (non-hydrogen) atoms. The van der Waals surface area contributed by atoms with Gasteiger partial charge in [0.2, 0.25) is 0 Å². The summed E-state index contributed by atoms with van der Waals surface area (Å²) in [7, 11) is 0. The molecule has 0 aliphatic heterocycles. The number of rotatable bonds is 6. The molecular weight excluding hydrogens is 252 g/mol. The molecule has 0 radical (unpaired) electrons. The fourth-order valence-corrected chi connectivity index (χ4v) is 1.42. The smallest absolute Gasteiger partial charge is 0.251 e. The summed E-state index contributed by atoms with van der Waals surface area (Å²) in [4.78, 5) is 14.7. The van der Waals surface area contributed by atoms with Gasteiger partial charge >= 0.3 is 0 Å². The van der Waals surface area contributed by atoms with Gasteiger partial charge in [-0.2, -0.15) is 4.98 Å². The highest BCUT2D eigenvalue weighted by molar-refractivity contribution is 5.82. The van der Waals surface area contributed by atoms with Crippen LogP contribution in [-0.4, -0.2) is 61.5 Å². The van der Waals surface area contributed by atoms with Crippen molar-refractivity contribution in [3.8, 4) is 0 Å². The van der Waals surface area contributed by atoms with Gasteiger partial charge in [-0.15, -0.1) is 0 Å². The number of aromatic nitrogens is 4. The standard InChI is InChI=1S/C9H14N8O2/c10-7-6-8(12-5-11-7)14-9(13-6)15-16-17(1-3-18)2-4-19/h5,18-19H,1-4H2,(H3,10,11,12,13,14)/b16-15+. The summed E-state index contributed by atoms with van der Waals surface area (Å²) in [5, 5.41) is 26.8. The number of imidazole rings is 1. The Bertz CT molecular complexity index is 562. The van der Waals surface area contributed by atoms with Crippen molar-refractivity contribution < 1.29 is 10.2 Å². The average molecular weight is 266 g/mol. The highest BCUT2D eigenvalue weighted by Gasteiger charge is 2.07. The SMILES string of the molecule is Nc1ncnc2nc(/N=N/N(CCO)CCO)[nH]c12. The van der Waals surface area contributed by atoms with Gasteiger partial charge in [-0.25, -0.2) is 9.97 Å². The molecule has 0 fully saturated rings. The monoisotopic (exact) mass is 266 g/mol. The predicted molar refractivity (Wildman–Crippen MR) is 66.4 cm³/mol. The van der Waals surface area contributed by atoms with E-state index < -0.39 is 0 Å². The van der Waals surface area contributed by atoms with Crippen LogP contribution in [0.25, 0.3) is 11.2 Å². The van der Waals surface area contributed by atoms with Crippen LogP contribution in [0.2, 0.25) is 0 Å². The number of aliphatic hydroxyl groups excluding tert-OH is 2. The van der Waals surface area contributed by atoms with Gasteiger partial charge in [-0.1, -0.05) is 10.3 Å². The second kappa shape index (κ2) is 6.02. The molecule has 2 rings (SSSR count). The third-order valence-corrected chi connectivity index (χ3v) is 2.29. The van der Waals surface area contributed by atoms with Gasteiger partial charge in [0, 0.05) is 0 Å². The number of hydrogen-bond acceptors (Lipinski definition) is 8. The van der Waals surface area contributed by atoms with E-state index in [1.54, 1.807) is 0 Å². The summed E-state index contributed by atoms with van der Waals surface area (Å²) >= 11 is 0. The van der Waals surface area contributed by atoms with Crippen molar-refractivity contribution in [2.45, 2.75) is 0 Å². The van der Waals surface area contributed by atoms with Crippen molar-refractivity contribution in [1.29, 1.82) is 0 Å². The van der Waals surface area contributed by atoms with Crippen molar-refractivity contribution in [3.05, 3.63) is 6.33 Å². The normalized spacial score (nSPS) is 11.5. The molecule has 5 N–H and O–H groups in total. The minimum atomic E-state index is -0.0857. The van der Waals surface area contributed by atoms with Gasteiger partial charge in [0.25, 0.3) is 5.95 Å². The number of anilines is 1. The fourth-order valence-electron chi connectivity index (χ4n) is 1.42. The number of nitrogens with zero attached hydrogens (tertiary/aromatic N) is 6. The highest BCUT2D eigenvalue weighted by Crippen LogP contribution is 2.17. The van der Waals surface area contributed by atoms with Crippen LogP contribution in [0.4, 0.5) is 11.8 Å². The number of nitrogen functional groups attached to an aromatic ring is 1. The first-order chi connectivity index (χ1) is 9.24. The number of fused-ring (bicyclic) bond motifs is 1. The predicted octanol–water partition coefficient (Wildman–Crippen LogP) is -0.780. The van der Waals surface area contributed by atoms with E-state index in [1.165, 1.54) is 11.3 Å². The molecule has 0 saturated heterocycles. The van der Waals surface area contributed by atoms with Crippen LogP contribution in [0.1, 0.15) is 0 Å². The van der Waals surface area contributed by atoms with Gasteiger partial charge < -0.3 is 20.9 Å². The fraction of sp³-hybridized carbons (Fsp3) is 0.444. The maximum Gasteiger partial charge on any atom is 0.251 e. The van der Waals surface area contributed by atoms with Gasteiger partial charge in [0.1, 0.15) is 11.8 Å². The van der Waals surface area contributed by atoms with Crippen LogP contribution in [0, 0.1) is 0 Å². The molecule has 102 valence electrons. The first kappa shape index (κ1) is 13.1. The molecule has 0 spiro atoms. The maximum atomic E-state index is 8.83. The topological polar surface area (TPSA) is 149 Å². The van der Waals surface area contributed by atoms with Crippen molar-refractivity contribution in [3.63, 3.8) is 0 Å². The third-order valence-electron chi connectivity index (χ3n) is 2.29. The zero-order chi connectivity index (χ0) is 13.7. The zero-order valence-electron chi connectivity index (χ0n) is 10.1. The largest absolute Gasteiger partial charge is 0.394 e. The molecule has 2 aromatic rings. The summed E-state index contributed by atoms with van der Waals surface area (Å²) < 4.78 is 0. The third kappa shape index (κ3) is 3.11. The highest BCUT2D eigenvalue weighted by atomic mass is 16.3. The van der Waals surface area contributed by atoms with Crippen LogP contribution in [0.5, 0.6) is 0 Å². The number of aromatic amines is 1. The molecule has 2 aromatic heterocycles. The molecule has 10 nitrogen and oxygen atoms in total. The molecule has 0 atom stereocenters. The molecule has 0 bridgehead atoms. The molecule has 0 aliphatic carbocycles. The zero-order valence-corrected chi connectivity index (χ0v) is 10.1. The van der Waals surface area contributed by atoms with Gasteiger partial charge in [-0.05, 0) is 0 Å². The summed E-state index contributed by atoms with van der Waals surface area (Å²) in [6.07, 6.45) is 1.31. The first-order valence-corrected chi connectivity index (χ1v) is 5.59. The number of aliphatic hydroxyl groups is 2. The van der Waals surface area contributed by atoms with E-state index in [2.05, 4.69) is 30.3 Å². The summed E-state index contributed by atoms with van der Waals surface area (Å²) in [5.74, 6) is 0.504. The van der Waals surface area contributed by atoms with Crippen molar-refractivity contribution in [1.82, 2.24) is 24.9 Å². The molecule has 0 amide bonds. The molecular formula is C9H14N8O2. The lowest BCUT2D eigenvalue weighted by atomic mass is 10.5. The van der Waals surface area contributed by atoms with Crippen LogP contribution in [-0.2, 0) is 0 Å². The summed E-state index contributed by atoms with van der Waals surface area (Å²) in [5.41, 5.74) is 6.54. The van der Waals surface area contributed by atoms with E-state index in [1.807, 2.05) is 0 Å². The Morgan fingerprint density at radius 1 is 1.26 bits per heavy atom. The van der Waals surface area contributed by atoms with Crippen LogP contribution < -0.4 is 5.73 Å². The van der Waals surface area contributed by atoms with E-state index in [-0.39, 0.29) is 38.1 Å². The van der Waals surface area contributed by atoms with Crippen LogP contribution >= 0.6 is 0 Å². The van der Waals surface area contributed by atoms with Crippen molar-refractivity contribution >= 4 is 22.9 Å². The minimum absolute atomic E-state index is 0.0857. The maximum absolute atomic E-state index is 8.83. The van der Waals surface area contributed by atoms with Crippen molar-refractivity contribution in [2.75, 3.05) is 32.0 Å². The average Bonchev–Trinajstić information content (AvgIpc) is 2.81. The lowest BCUT2D eigenvalue weighted by Crippen LogP contribution is -2.24.